The van der Waals surface area contributed by atoms with E-state index in [0.717, 1.165) is 29.9 Å². The van der Waals surface area contributed by atoms with Gasteiger partial charge in [-0.1, -0.05) is 23.8 Å². The Hall–Kier alpha value is -2.43. The van der Waals surface area contributed by atoms with Crippen LogP contribution in [0.4, 0.5) is 0 Å². The van der Waals surface area contributed by atoms with Gasteiger partial charge in [0.15, 0.2) is 0 Å². The van der Waals surface area contributed by atoms with Crippen molar-refractivity contribution in [3.8, 4) is 5.69 Å². The number of likely N-dealkylation sites (tertiary alicyclic amines) is 1. The standard InChI is InChI=1S/C20H22N4O/c1-13-2-7-19(24-11-21-22-12-24)16(8-13)20(25)23-9-17-14-3-4-15(6-5-14)18(17)10-23/h2-4,7-8,11-12,14-15,17-18H,5-6,9-10H2,1H3/t14-,15+,17+,18-. The third-order valence-corrected chi connectivity index (χ3v) is 6.32. The predicted molar refractivity (Wildman–Crippen MR) is 94.3 cm³/mol. The summed E-state index contributed by atoms with van der Waals surface area (Å²) in [7, 11) is 0. The quantitative estimate of drug-likeness (QED) is 0.794. The number of benzene rings is 1. The molecule has 1 aromatic carbocycles. The molecule has 1 saturated heterocycles. The first-order valence-corrected chi connectivity index (χ1v) is 9.14. The Morgan fingerprint density at radius 1 is 1.04 bits per heavy atom. The Morgan fingerprint density at radius 3 is 2.28 bits per heavy atom. The summed E-state index contributed by atoms with van der Waals surface area (Å²) in [5.41, 5.74) is 2.70. The molecule has 1 amide bonds. The fraction of sp³-hybridized carbons (Fsp3) is 0.450. The van der Waals surface area contributed by atoms with E-state index in [-0.39, 0.29) is 5.91 Å². The van der Waals surface area contributed by atoms with Crippen LogP contribution in [0.15, 0.2) is 43.0 Å². The molecule has 4 aliphatic rings. The van der Waals surface area contributed by atoms with Crippen LogP contribution in [-0.4, -0.2) is 38.7 Å². The third kappa shape index (κ3) is 2.33. The Balaban J connectivity index is 1.47. The molecular formula is C20H22N4O. The van der Waals surface area contributed by atoms with Crippen molar-refractivity contribution in [3.05, 3.63) is 54.1 Å². The summed E-state index contributed by atoms with van der Waals surface area (Å²) in [6, 6.07) is 6.01. The molecule has 1 saturated carbocycles. The molecule has 0 N–H and O–H groups in total. The molecule has 3 aliphatic carbocycles. The first kappa shape index (κ1) is 14.9. The molecule has 4 atom stereocenters. The number of carbonyl (C=O) groups is 1. The molecule has 2 bridgehead atoms. The van der Waals surface area contributed by atoms with Crippen molar-refractivity contribution in [1.29, 1.82) is 0 Å². The lowest BCUT2D eigenvalue weighted by Crippen LogP contribution is -2.35. The molecular weight excluding hydrogens is 312 g/mol. The second kappa shape index (κ2) is 5.55. The molecule has 2 fully saturated rings. The average Bonchev–Trinajstić information content (AvgIpc) is 3.32. The van der Waals surface area contributed by atoms with Gasteiger partial charge in [-0.25, -0.2) is 0 Å². The van der Waals surface area contributed by atoms with Gasteiger partial charge in [0.2, 0.25) is 0 Å². The van der Waals surface area contributed by atoms with Crippen molar-refractivity contribution in [3.63, 3.8) is 0 Å². The maximum atomic E-state index is 13.3. The number of aromatic nitrogens is 3. The topological polar surface area (TPSA) is 51.0 Å². The van der Waals surface area contributed by atoms with Crippen LogP contribution in [0.25, 0.3) is 5.69 Å². The first-order valence-electron chi connectivity index (χ1n) is 9.14. The zero-order valence-corrected chi connectivity index (χ0v) is 14.4. The molecule has 5 heteroatoms. The lowest BCUT2D eigenvalue weighted by Gasteiger charge is -2.40. The fourth-order valence-electron chi connectivity index (χ4n) is 5.04. The van der Waals surface area contributed by atoms with Crippen molar-refractivity contribution < 1.29 is 4.79 Å². The zero-order valence-electron chi connectivity index (χ0n) is 14.4. The Labute approximate surface area is 147 Å². The lowest BCUT2D eigenvalue weighted by atomic mass is 9.64. The SMILES string of the molecule is Cc1ccc(-n2cnnc2)c(C(=O)N2C[C@@H]3[C@H](C2)[C@H]2C=C[C@@H]3CC2)c1. The number of amides is 1. The van der Waals surface area contributed by atoms with Crippen LogP contribution in [-0.2, 0) is 0 Å². The molecule has 0 radical (unpaired) electrons. The molecule has 5 nitrogen and oxygen atoms in total. The normalized spacial score (nSPS) is 29.9. The van der Waals surface area contributed by atoms with Crippen molar-refractivity contribution in [2.45, 2.75) is 19.8 Å². The molecule has 25 heavy (non-hydrogen) atoms. The van der Waals surface area contributed by atoms with Gasteiger partial charge < -0.3 is 4.90 Å². The minimum absolute atomic E-state index is 0.140. The van der Waals surface area contributed by atoms with Gasteiger partial charge in [0.25, 0.3) is 5.91 Å². The molecule has 6 rings (SSSR count). The summed E-state index contributed by atoms with van der Waals surface area (Å²) in [4.78, 5) is 15.4. The van der Waals surface area contributed by atoms with E-state index in [9.17, 15) is 4.79 Å². The van der Waals surface area contributed by atoms with Gasteiger partial charge in [-0.05, 0) is 55.6 Å². The number of nitrogens with zero attached hydrogens (tertiary/aromatic N) is 4. The number of fused-ring (bicyclic) bond motifs is 1. The van der Waals surface area contributed by atoms with Crippen LogP contribution in [0.1, 0.15) is 28.8 Å². The number of allylic oxidation sites excluding steroid dienone is 2. The highest BCUT2D eigenvalue weighted by molar-refractivity contribution is 5.98. The van der Waals surface area contributed by atoms with Crippen LogP contribution in [0, 0.1) is 30.6 Å². The van der Waals surface area contributed by atoms with E-state index >= 15 is 0 Å². The van der Waals surface area contributed by atoms with Gasteiger partial charge in [0.1, 0.15) is 12.7 Å². The van der Waals surface area contributed by atoms with Crippen LogP contribution in [0.3, 0.4) is 0 Å². The van der Waals surface area contributed by atoms with Crippen LogP contribution in [0.5, 0.6) is 0 Å². The summed E-state index contributed by atoms with van der Waals surface area (Å²) in [6.45, 7) is 3.82. The van der Waals surface area contributed by atoms with Gasteiger partial charge >= 0.3 is 0 Å². The lowest BCUT2D eigenvalue weighted by molar-refractivity contribution is 0.0782. The Bertz CT molecular complexity index is 819. The molecule has 1 aromatic heterocycles. The number of rotatable bonds is 2. The second-order valence-electron chi connectivity index (χ2n) is 7.72. The van der Waals surface area contributed by atoms with E-state index < -0.39 is 0 Å². The van der Waals surface area contributed by atoms with Gasteiger partial charge in [-0.15, -0.1) is 10.2 Å². The van der Waals surface area contributed by atoms with Crippen molar-refractivity contribution in [2.24, 2.45) is 23.7 Å². The molecule has 128 valence electrons. The molecule has 0 unspecified atom stereocenters. The van der Waals surface area contributed by atoms with E-state index in [1.165, 1.54) is 12.8 Å². The second-order valence-corrected chi connectivity index (χ2v) is 7.72. The fourth-order valence-corrected chi connectivity index (χ4v) is 5.04. The van der Waals surface area contributed by atoms with Gasteiger partial charge in [0, 0.05) is 13.1 Å². The van der Waals surface area contributed by atoms with Gasteiger partial charge in [-0.2, -0.15) is 0 Å². The average molecular weight is 334 g/mol. The van der Waals surface area contributed by atoms with Crippen LogP contribution < -0.4 is 0 Å². The zero-order chi connectivity index (χ0) is 17.0. The highest BCUT2D eigenvalue weighted by Gasteiger charge is 2.47. The summed E-state index contributed by atoms with van der Waals surface area (Å²) in [5.74, 6) is 2.78. The van der Waals surface area contributed by atoms with Crippen LogP contribution in [0.2, 0.25) is 0 Å². The number of carbonyl (C=O) groups excluding carboxylic acids is 1. The minimum atomic E-state index is 0.140. The third-order valence-electron chi connectivity index (χ3n) is 6.32. The highest BCUT2D eigenvalue weighted by atomic mass is 16.2. The van der Waals surface area contributed by atoms with Crippen molar-refractivity contribution >= 4 is 5.91 Å². The van der Waals surface area contributed by atoms with E-state index in [4.69, 9.17) is 0 Å². The predicted octanol–water partition coefficient (Wildman–Crippen LogP) is 2.86. The summed E-state index contributed by atoms with van der Waals surface area (Å²) in [6.07, 6.45) is 10.7. The highest BCUT2D eigenvalue weighted by Crippen LogP contribution is 2.48. The summed E-state index contributed by atoms with van der Waals surface area (Å²) >= 11 is 0. The van der Waals surface area contributed by atoms with E-state index in [1.807, 2.05) is 29.7 Å². The Kier molecular flexibility index (Phi) is 3.30. The largest absolute Gasteiger partial charge is 0.338 e. The van der Waals surface area contributed by atoms with Crippen molar-refractivity contribution in [1.82, 2.24) is 19.7 Å². The first-order chi connectivity index (χ1) is 12.2. The minimum Gasteiger partial charge on any atom is -0.338 e. The molecule has 1 aliphatic heterocycles. The summed E-state index contributed by atoms with van der Waals surface area (Å²) < 4.78 is 1.82. The molecule has 0 spiro atoms. The number of hydrogen-bond donors (Lipinski definition) is 0. The van der Waals surface area contributed by atoms with E-state index in [2.05, 4.69) is 27.2 Å². The monoisotopic (exact) mass is 334 g/mol. The van der Waals surface area contributed by atoms with Crippen LogP contribution >= 0.6 is 0 Å². The van der Waals surface area contributed by atoms with E-state index in [0.29, 0.717) is 23.7 Å². The van der Waals surface area contributed by atoms with E-state index in [1.54, 1.807) is 12.7 Å². The Morgan fingerprint density at radius 2 is 1.68 bits per heavy atom. The molecule has 2 aromatic rings. The number of hydrogen-bond acceptors (Lipinski definition) is 3. The molecule has 2 heterocycles. The smallest absolute Gasteiger partial charge is 0.256 e. The van der Waals surface area contributed by atoms with Gasteiger partial charge in [-0.3, -0.25) is 9.36 Å². The number of aryl methyl sites for hydroxylation is 1. The van der Waals surface area contributed by atoms with Crippen molar-refractivity contribution in [2.75, 3.05) is 13.1 Å². The maximum Gasteiger partial charge on any atom is 0.256 e. The van der Waals surface area contributed by atoms with Gasteiger partial charge in [0.05, 0.1) is 11.3 Å². The summed E-state index contributed by atoms with van der Waals surface area (Å²) in [5, 5.41) is 7.77. The maximum absolute atomic E-state index is 13.3.